The van der Waals surface area contributed by atoms with Crippen LogP contribution in [0.15, 0.2) is 54.6 Å². The Morgan fingerprint density at radius 1 is 0.931 bits per heavy atom. The van der Waals surface area contributed by atoms with E-state index in [1.165, 1.54) is 0 Å². The van der Waals surface area contributed by atoms with Crippen LogP contribution in [0.4, 0.5) is 5.69 Å². The molecule has 2 aromatic rings. The van der Waals surface area contributed by atoms with Gasteiger partial charge in [0.15, 0.2) is 6.61 Å². The molecular formula is C23H28N2O4. The molecule has 6 heteroatoms. The van der Waals surface area contributed by atoms with Gasteiger partial charge in [0.2, 0.25) is 5.91 Å². The molecule has 0 spiro atoms. The third kappa shape index (κ3) is 7.78. The molecule has 1 atom stereocenters. The van der Waals surface area contributed by atoms with Gasteiger partial charge in [0.05, 0.1) is 6.04 Å². The summed E-state index contributed by atoms with van der Waals surface area (Å²) in [5, 5.41) is 5.65. The van der Waals surface area contributed by atoms with E-state index in [1.54, 1.807) is 0 Å². The third-order valence-corrected chi connectivity index (χ3v) is 4.50. The van der Waals surface area contributed by atoms with Crippen LogP contribution >= 0.6 is 0 Å². The molecular weight excluding hydrogens is 368 g/mol. The molecule has 0 fully saturated rings. The van der Waals surface area contributed by atoms with Crippen molar-refractivity contribution in [2.75, 3.05) is 11.9 Å². The fraction of sp³-hybridized carbons (Fsp3) is 0.348. The van der Waals surface area contributed by atoms with Crippen LogP contribution < -0.4 is 10.6 Å². The van der Waals surface area contributed by atoms with Crippen LogP contribution in [0.5, 0.6) is 0 Å². The van der Waals surface area contributed by atoms with E-state index in [1.807, 2.05) is 68.4 Å². The van der Waals surface area contributed by atoms with Gasteiger partial charge in [0, 0.05) is 18.5 Å². The lowest BCUT2D eigenvalue weighted by atomic mass is 10.1. The van der Waals surface area contributed by atoms with Crippen LogP contribution in [0.2, 0.25) is 0 Å². The molecule has 0 heterocycles. The summed E-state index contributed by atoms with van der Waals surface area (Å²) in [5.74, 6) is -0.994. The Morgan fingerprint density at radius 2 is 1.62 bits per heavy atom. The van der Waals surface area contributed by atoms with Crippen molar-refractivity contribution in [2.24, 2.45) is 0 Å². The number of hydrogen-bond donors (Lipinski definition) is 2. The quantitative estimate of drug-likeness (QED) is 0.599. The third-order valence-electron chi connectivity index (χ3n) is 4.50. The van der Waals surface area contributed by atoms with E-state index >= 15 is 0 Å². The Kier molecular flexibility index (Phi) is 8.89. The van der Waals surface area contributed by atoms with Crippen molar-refractivity contribution in [3.05, 3.63) is 65.7 Å². The van der Waals surface area contributed by atoms with Gasteiger partial charge < -0.3 is 15.4 Å². The minimum absolute atomic E-state index is 0.0877. The Hall–Kier alpha value is -3.15. The molecule has 0 aromatic heterocycles. The van der Waals surface area contributed by atoms with Gasteiger partial charge in [-0.05, 0) is 37.0 Å². The number of ether oxygens (including phenoxy) is 1. The number of hydrogen-bond acceptors (Lipinski definition) is 4. The largest absolute Gasteiger partial charge is 0.456 e. The van der Waals surface area contributed by atoms with Gasteiger partial charge in [-0.1, -0.05) is 55.5 Å². The van der Waals surface area contributed by atoms with Crippen molar-refractivity contribution < 1.29 is 19.1 Å². The van der Waals surface area contributed by atoms with E-state index in [2.05, 4.69) is 10.6 Å². The monoisotopic (exact) mass is 396 g/mol. The highest BCUT2D eigenvalue weighted by atomic mass is 16.5. The summed E-state index contributed by atoms with van der Waals surface area (Å²) in [6.07, 6.45) is 1.49. The molecule has 154 valence electrons. The van der Waals surface area contributed by atoms with E-state index in [0.29, 0.717) is 6.42 Å². The number of carbonyl (C=O) groups excluding carboxylic acids is 3. The van der Waals surface area contributed by atoms with E-state index in [4.69, 9.17) is 4.74 Å². The number of aryl methyl sites for hydroxylation is 1. The molecule has 2 N–H and O–H groups in total. The summed E-state index contributed by atoms with van der Waals surface area (Å²) in [6.45, 7) is 3.56. The maximum absolute atomic E-state index is 12.1. The van der Waals surface area contributed by atoms with Gasteiger partial charge in [-0.25, -0.2) is 0 Å². The zero-order valence-electron chi connectivity index (χ0n) is 16.9. The number of benzene rings is 2. The van der Waals surface area contributed by atoms with Crippen LogP contribution in [0, 0.1) is 0 Å². The summed E-state index contributed by atoms with van der Waals surface area (Å²) in [5.41, 5.74) is 2.84. The highest BCUT2D eigenvalue weighted by Crippen LogP contribution is 2.16. The molecule has 0 saturated carbocycles. The van der Waals surface area contributed by atoms with Gasteiger partial charge in [-0.2, -0.15) is 0 Å². The molecule has 6 nitrogen and oxygen atoms in total. The standard InChI is InChI=1S/C23H28N2O4/c1-3-18-10-7-8-13-20(18)25-21(26)14-9-15-23(28)29-16-22(27)24-17(2)19-11-5-4-6-12-19/h4-8,10-13,17H,3,9,14-16H2,1-2H3,(H,24,27)(H,25,26)/t17-/m1/s1. The number of esters is 1. The summed E-state index contributed by atoms with van der Waals surface area (Å²) >= 11 is 0. The van der Waals surface area contributed by atoms with Crippen molar-refractivity contribution in [3.8, 4) is 0 Å². The zero-order chi connectivity index (χ0) is 21.1. The summed E-state index contributed by atoms with van der Waals surface area (Å²) in [4.78, 5) is 35.8. The Morgan fingerprint density at radius 3 is 2.34 bits per heavy atom. The minimum Gasteiger partial charge on any atom is -0.456 e. The van der Waals surface area contributed by atoms with Crippen molar-refractivity contribution in [3.63, 3.8) is 0 Å². The number of anilines is 1. The maximum atomic E-state index is 12.1. The SMILES string of the molecule is CCc1ccccc1NC(=O)CCCC(=O)OCC(=O)N[C@H](C)c1ccccc1. The van der Waals surface area contributed by atoms with Crippen LogP contribution in [0.3, 0.4) is 0 Å². The predicted molar refractivity (Wildman–Crippen MR) is 112 cm³/mol. The number of rotatable bonds is 10. The van der Waals surface area contributed by atoms with Gasteiger partial charge in [-0.15, -0.1) is 0 Å². The molecule has 2 aromatic carbocycles. The fourth-order valence-electron chi connectivity index (χ4n) is 2.88. The van der Waals surface area contributed by atoms with Gasteiger partial charge in [-0.3, -0.25) is 14.4 Å². The molecule has 0 unspecified atom stereocenters. The molecule has 0 saturated heterocycles. The first kappa shape index (κ1) is 22.1. The molecule has 29 heavy (non-hydrogen) atoms. The first-order chi connectivity index (χ1) is 14.0. The van der Waals surface area contributed by atoms with E-state index < -0.39 is 5.97 Å². The van der Waals surface area contributed by atoms with Crippen LogP contribution in [0.25, 0.3) is 0 Å². The predicted octanol–water partition coefficient (Wildman–Crippen LogP) is 3.78. The Labute approximate surface area is 171 Å². The second-order valence-electron chi connectivity index (χ2n) is 6.77. The summed E-state index contributed by atoms with van der Waals surface area (Å²) in [7, 11) is 0. The number of nitrogens with one attached hydrogen (secondary N) is 2. The maximum Gasteiger partial charge on any atom is 0.306 e. The van der Waals surface area contributed by atoms with Crippen molar-refractivity contribution in [1.29, 1.82) is 0 Å². The van der Waals surface area contributed by atoms with Gasteiger partial charge in [0.1, 0.15) is 0 Å². The van der Waals surface area contributed by atoms with Gasteiger partial charge in [0.25, 0.3) is 5.91 Å². The minimum atomic E-state index is -0.491. The normalized spacial score (nSPS) is 11.4. The number of carbonyl (C=O) groups is 3. The van der Waals surface area contributed by atoms with Crippen molar-refractivity contribution in [1.82, 2.24) is 5.32 Å². The average Bonchev–Trinajstić information content (AvgIpc) is 2.73. The smallest absolute Gasteiger partial charge is 0.306 e. The lowest BCUT2D eigenvalue weighted by Crippen LogP contribution is -2.31. The highest BCUT2D eigenvalue weighted by molar-refractivity contribution is 5.91. The van der Waals surface area contributed by atoms with Gasteiger partial charge >= 0.3 is 5.97 Å². The number of para-hydroxylation sites is 1. The first-order valence-electron chi connectivity index (χ1n) is 9.87. The second kappa shape index (κ2) is 11.6. The second-order valence-corrected chi connectivity index (χ2v) is 6.77. The Balaban J connectivity index is 1.64. The zero-order valence-corrected chi connectivity index (χ0v) is 16.9. The molecule has 0 aliphatic heterocycles. The van der Waals surface area contributed by atoms with Crippen LogP contribution in [-0.4, -0.2) is 24.4 Å². The van der Waals surface area contributed by atoms with Crippen LogP contribution in [0.1, 0.15) is 50.3 Å². The summed E-state index contributed by atoms with van der Waals surface area (Å²) in [6, 6.07) is 17.0. The Bertz CT molecular complexity index is 821. The average molecular weight is 396 g/mol. The first-order valence-corrected chi connectivity index (χ1v) is 9.87. The molecule has 2 rings (SSSR count). The number of amides is 2. The molecule has 0 aliphatic carbocycles. The molecule has 0 radical (unpaired) electrons. The van der Waals surface area contributed by atoms with Crippen molar-refractivity contribution in [2.45, 2.75) is 45.6 Å². The van der Waals surface area contributed by atoms with E-state index in [-0.39, 0.29) is 37.3 Å². The molecule has 2 amide bonds. The summed E-state index contributed by atoms with van der Waals surface area (Å²) < 4.78 is 4.99. The van der Waals surface area contributed by atoms with E-state index in [9.17, 15) is 14.4 Å². The topological polar surface area (TPSA) is 84.5 Å². The van der Waals surface area contributed by atoms with E-state index in [0.717, 1.165) is 23.2 Å². The lowest BCUT2D eigenvalue weighted by Gasteiger charge is -2.14. The highest BCUT2D eigenvalue weighted by Gasteiger charge is 2.12. The van der Waals surface area contributed by atoms with Crippen molar-refractivity contribution >= 4 is 23.5 Å². The lowest BCUT2D eigenvalue weighted by molar-refractivity contribution is -0.148. The molecule has 0 bridgehead atoms. The van der Waals surface area contributed by atoms with Crippen LogP contribution in [-0.2, 0) is 25.5 Å². The fourth-order valence-corrected chi connectivity index (χ4v) is 2.88. The molecule has 0 aliphatic rings.